The van der Waals surface area contributed by atoms with E-state index in [1.165, 1.54) is 0 Å². The molecule has 1 aromatic carbocycles. The number of nitriles is 1. The molecular formula is C15H16N4. The first-order chi connectivity index (χ1) is 9.40. The van der Waals surface area contributed by atoms with E-state index in [1.54, 1.807) is 0 Å². The van der Waals surface area contributed by atoms with E-state index in [-0.39, 0.29) is 0 Å². The van der Waals surface area contributed by atoms with Crippen molar-refractivity contribution in [3.63, 3.8) is 0 Å². The fourth-order valence-corrected chi connectivity index (χ4v) is 2.52. The standard InChI is InChI=1S/C15H16N4/c16-12-13-14(18-8-1-2-9-18)4-3-5-15(13)19-10-6-17-7-11-19/h1-5,8-9,17H,6-7,10-11H2. The van der Waals surface area contributed by atoms with Crippen molar-refractivity contribution in [2.45, 2.75) is 0 Å². The largest absolute Gasteiger partial charge is 0.368 e. The third-order valence-corrected chi connectivity index (χ3v) is 3.47. The predicted octanol–water partition coefficient (Wildman–Crippen LogP) is 1.76. The van der Waals surface area contributed by atoms with Gasteiger partial charge in [-0.05, 0) is 24.3 Å². The lowest BCUT2D eigenvalue weighted by Gasteiger charge is -2.30. The molecule has 1 saturated heterocycles. The first kappa shape index (κ1) is 11.8. The van der Waals surface area contributed by atoms with Crippen LogP contribution < -0.4 is 10.2 Å². The van der Waals surface area contributed by atoms with Gasteiger partial charge in [-0.25, -0.2) is 0 Å². The van der Waals surface area contributed by atoms with Crippen LogP contribution in [0, 0.1) is 11.3 Å². The number of rotatable bonds is 2. The van der Waals surface area contributed by atoms with Crippen molar-refractivity contribution in [3.8, 4) is 11.8 Å². The Morgan fingerprint density at radius 3 is 2.37 bits per heavy atom. The molecular weight excluding hydrogens is 236 g/mol. The quantitative estimate of drug-likeness (QED) is 0.885. The van der Waals surface area contributed by atoms with Crippen LogP contribution in [0.4, 0.5) is 5.69 Å². The summed E-state index contributed by atoms with van der Waals surface area (Å²) < 4.78 is 1.99. The molecule has 1 aromatic heterocycles. The Kier molecular flexibility index (Phi) is 3.21. The number of hydrogen-bond acceptors (Lipinski definition) is 3. The summed E-state index contributed by atoms with van der Waals surface area (Å²) in [6.45, 7) is 3.84. The number of nitrogens with one attached hydrogen (secondary N) is 1. The van der Waals surface area contributed by atoms with E-state index in [0.717, 1.165) is 43.1 Å². The highest BCUT2D eigenvalue weighted by atomic mass is 15.2. The van der Waals surface area contributed by atoms with Gasteiger partial charge in [0.1, 0.15) is 6.07 Å². The maximum Gasteiger partial charge on any atom is 0.104 e. The van der Waals surface area contributed by atoms with Crippen LogP contribution in [0.5, 0.6) is 0 Å². The van der Waals surface area contributed by atoms with Crippen LogP contribution in [0.1, 0.15) is 5.56 Å². The Hall–Kier alpha value is -2.25. The molecule has 0 atom stereocenters. The van der Waals surface area contributed by atoms with Gasteiger partial charge >= 0.3 is 0 Å². The fraction of sp³-hybridized carbons (Fsp3) is 0.267. The van der Waals surface area contributed by atoms with Gasteiger partial charge in [-0.2, -0.15) is 5.26 Å². The van der Waals surface area contributed by atoms with Crippen LogP contribution in [0.2, 0.25) is 0 Å². The van der Waals surface area contributed by atoms with E-state index >= 15 is 0 Å². The fourth-order valence-electron chi connectivity index (χ4n) is 2.52. The Balaban J connectivity index is 2.06. The van der Waals surface area contributed by atoms with E-state index < -0.39 is 0 Å². The highest BCUT2D eigenvalue weighted by Crippen LogP contribution is 2.26. The molecule has 2 heterocycles. The molecule has 0 radical (unpaired) electrons. The second-order valence-electron chi connectivity index (χ2n) is 4.61. The molecule has 0 spiro atoms. The van der Waals surface area contributed by atoms with Gasteiger partial charge in [-0.1, -0.05) is 6.07 Å². The molecule has 0 aliphatic carbocycles. The minimum absolute atomic E-state index is 0.751. The Morgan fingerprint density at radius 1 is 1.00 bits per heavy atom. The van der Waals surface area contributed by atoms with Gasteiger partial charge in [0, 0.05) is 38.6 Å². The van der Waals surface area contributed by atoms with Crippen molar-refractivity contribution < 1.29 is 0 Å². The highest BCUT2D eigenvalue weighted by molar-refractivity contribution is 5.67. The third-order valence-electron chi connectivity index (χ3n) is 3.47. The first-order valence-corrected chi connectivity index (χ1v) is 6.52. The molecule has 0 saturated carbocycles. The zero-order chi connectivity index (χ0) is 13.1. The molecule has 0 bridgehead atoms. The summed E-state index contributed by atoms with van der Waals surface area (Å²) in [5.41, 5.74) is 2.74. The maximum atomic E-state index is 9.52. The molecule has 0 amide bonds. The number of piperazine rings is 1. The third kappa shape index (κ3) is 2.20. The molecule has 1 aliphatic rings. The summed E-state index contributed by atoms with van der Waals surface area (Å²) in [4.78, 5) is 2.28. The van der Waals surface area contributed by atoms with E-state index in [0.29, 0.717) is 0 Å². The summed E-state index contributed by atoms with van der Waals surface area (Å²) >= 11 is 0. The van der Waals surface area contributed by atoms with Gasteiger partial charge in [-0.3, -0.25) is 0 Å². The summed E-state index contributed by atoms with van der Waals surface area (Å²) in [6, 6.07) is 12.4. The number of anilines is 1. The van der Waals surface area contributed by atoms with Crippen molar-refractivity contribution in [2.24, 2.45) is 0 Å². The van der Waals surface area contributed by atoms with Crippen LogP contribution in [0.15, 0.2) is 42.7 Å². The van der Waals surface area contributed by atoms with Crippen LogP contribution in [0.3, 0.4) is 0 Å². The first-order valence-electron chi connectivity index (χ1n) is 6.52. The molecule has 3 rings (SSSR count). The van der Waals surface area contributed by atoms with Crippen LogP contribution in [-0.2, 0) is 0 Å². The second kappa shape index (κ2) is 5.17. The summed E-state index contributed by atoms with van der Waals surface area (Å²) in [7, 11) is 0. The van der Waals surface area contributed by atoms with Gasteiger partial charge < -0.3 is 14.8 Å². The zero-order valence-corrected chi connectivity index (χ0v) is 10.7. The topological polar surface area (TPSA) is 44.0 Å². The smallest absolute Gasteiger partial charge is 0.104 e. The Bertz CT molecular complexity index is 589. The van der Waals surface area contributed by atoms with Gasteiger partial charge in [0.15, 0.2) is 0 Å². The van der Waals surface area contributed by atoms with E-state index in [9.17, 15) is 5.26 Å². The van der Waals surface area contributed by atoms with E-state index in [2.05, 4.69) is 16.3 Å². The molecule has 1 fully saturated rings. The normalized spacial score (nSPS) is 15.2. The number of aromatic nitrogens is 1. The van der Waals surface area contributed by atoms with Crippen molar-refractivity contribution in [3.05, 3.63) is 48.3 Å². The molecule has 0 unspecified atom stereocenters. The molecule has 19 heavy (non-hydrogen) atoms. The lowest BCUT2D eigenvalue weighted by Crippen LogP contribution is -2.43. The van der Waals surface area contributed by atoms with Crippen molar-refractivity contribution in [1.29, 1.82) is 5.26 Å². The van der Waals surface area contributed by atoms with Crippen molar-refractivity contribution in [2.75, 3.05) is 31.1 Å². The van der Waals surface area contributed by atoms with Crippen LogP contribution in [-0.4, -0.2) is 30.7 Å². The molecule has 1 aliphatic heterocycles. The summed E-state index contributed by atoms with van der Waals surface area (Å²) in [5.74, 6) is 0. The molecule has 4 heteroatoms. The monoisotopic (exact) mass is 252 g/mol. The summed E-state index contributed by atoms with van der Waals surface area (Å²) in [5, 5.41) is 12.9. The van der Waals surface area contributed by atoms with E-state index in [4.69, 9.17) is 0 Å². The van der Waals surface area contributed by atoms with Crippen molar-refractivity contribution in [1.82, 2.24) is 9.88 Å². The maximum absolute atomic E-state index is 9.52. The average molecular weight is 252 g/mol. The zero-order valence-electron chi connectivity index (χ0n) is 10.7. The highest BCUT2D eigenvalue weighted by Gasteiger charge is 2.16. The number of benzene rings is 1. The minimum atomic E-state index is 0.751. The molecule has 96 valence electrons. The molecule has 4 nitrogen and oxygen atoms in total. The Labute approximate surface area is 112 Å². The lowest BCUT2D eigenvalue weighted by molar-refractivity contribution is 0.589. The van der Waals surface area contributed by atoms with E-state index in [1.807, 2.05) is 47.3 Å². The number of nitrogens with zero attached hydrogens (tertiary/aromatic N) is 3. The second-order valence-corrected chi connectivity index (χ2v) is 4.61. The molecule has 2 aromatic rings. The van der Waals surface area contributed by atoms with Gasteiger partial charge in [-0.15, -0.1) is 0 Å². The number of hydrogen-bond donors (Lipinski definition) is 1. The van der Waals surface area contributed by atoms with Gasteiger partial charge in [0.2, 0.25) is 0 Å². The molecule has 1 N–H and O–H groups in total. The SMILES string of the molecule is N#Cc1c(N2CCNCC2)cccc1-n1cccc1. The predicted molar refractivity (Wildman–Crippen MR) is 75.6 cm³/mol. The lowest BCUT2D eigenvalue weighted by atomic mass is 10.1. The Morgan fingerprint density at radius 2 is 1.68 bits per heavy atom. The summed E-state index contributed by atoms with van der Waals surface area (Å²) in [6.07, 6.45) is 3.94. The minimum Gasteiger partial charge on any atom is -0.368 e. The average Bonchev–Trinajstić information content (AvgIpc) is 3.01. The van der Waals surface area contributed by atoms with Gasteiger partial charge in [0.05, 0.1) is 16.9 Å². The van der Waals surface area contributed by atoms with Crippen LogP contribution >= 0.6 is 0 Å². The van der Waals surface area contributed by atoms with Crippen LogP contribution in [0.25, 0.3) is 5.69 Å². The van der Waals surface area contributed by atoms with Gasteiger partial charge in [0.25, 0.3) is 0 Å². The van der Waals surface area contributed by atoms with Crippen molar-refractivity contribution >= 4 is 5.69 Å².